The molecule has 122 valence electrons. The summed E-state index contributed by atoms with van der Waals surface area (Å²) in [6.07, 6.45) is 0. The van der Waals surface area contributed by atoms with Gasteiger partial charge in [0, 0.05) is 29.4 Å². The minimum atomic E-state index is -0.283. The summed E-state index contributed by atoms with van der Waals surface area (Å²) >= 11 is 7.44. The Kier molecular flexibility index (Phi) is 6.48. The number of amides is 1. The van der Waals surface area contributed by atoms with E-state index in [2.05, 4.69) is 6.92 Å². The zero-order valence-electron chi connectivity index (χ0n) is 13.1. The van der Waals surface area contributed by atoms with Crippen LogP contribution in [-0.2, 0) is 11.3 Å². The summed E-state index contributed by atoms with van der Waals surface area (Å²) in [5.74, 6) is 0.0581. The third-order valence-electron chi connectivity index (χ3n) is 3.59. The van der Waals surface area contributed by atoms with Crippen molar-refractivity contribution in [1.82, 2.24) is 4.90 Å². The number of hydrogen-bond acceptors (Lipinski definition) is 2. The first-order valence-corrected chi connectivity index (χ1v) is 8.74. The van der Waals surface area contributed by atoms with Gasteiger partial charge in [0.2, 0.25) is 5.91 Å². The van der Waals surface area contributed by atoms with Gasteiger partial charge < -0.3 is 4.90 Å². The van der Waals surface area contributed by atoms with Gasteiger partial charge in [0.05, 0.1) is 5.75 Å². The molecular weight excluding hydrogens is 333 g/mol. The Balaban J connectivity index is 1.86. The summed E-state index contributed by atoms with van der Waals surface area (Å²) in [7, 11) is 1.70. The summed E-state index contributed by atoms with van der Waals surface area (Å²) in [6, 6.07) is 14.1. The lowest BCUT2D eigenvalue weighted by atomic mass is 10.2. The largest absolute Gasteiger partial charge is 0.341 e. The van der Waals surface area contributed by atoms with E-state index in [0.717, 1.165) is 5.56 Å². The van der Waals surface area contributed by atoms with Crippen LogP contribution in [0.5, 0.6) is 0 Å². The zero-order valence-corrected chi connectivity index (χ0v) is 14.7. The Morgan fingerprint density at radius 1 is 1.22 bits per heavy atom. The van der Waals surface area contributed by atoms with Gasteiger partial charge >= 0.3 is 0 Å². The van der Waals surface area contributed by atoms with Crippen molar-refractivity contribution in [3.05, 3.63) is 70.5 Å². The van der Waals surface area contributed by atoms with Gasteiger partial charge in [0.15, 0.2) is 0 Å². The van der Waals surface area contributed by atoms with E-state index >= 15 is 0 Å². The molecule has 0 aromatic heterocycles. The van der Waals surface area contributed by atoms with Crippen LogP contribution in [0.15, 0.2) is 48.5 Å². The molecule has 0 fully saturated rings. The number of thioether (sulfide) groups is 1. The van der Waals surface area contributed by atoms with E-state index in [4.69, 9.17) is 11.6 Å². The molecule has 0 aliphatic rings. The lowest BCUT2D eigenvalue weighted by Gasteiger charge is -2.19. The molecule has 0 saturated heterocycles. The first-order chi connectivity index (χ1) is 11.0. The number of halogens is 2. The maximum atomic E-state index is 13.6. The Bertz CT molecular complexity index is 662. The van der Waals surface area contributed by atoms with Crippen LogP contribution >= 0.6 is 23.4 Å². The van der Waals surface area contributed by atoms with Gasteiger partial charge in [-0.2, -0.15) is 0 Å². The molecule has 5 heteroatoms. The Labute approximate surface area is 145 Å². The normalized spacial score (nSPS) is 12.0. The molecule has 2 aromatic carbocycles. The standard InChI is InChI=1S/C18H19ClFNOS/c1-13(14-7-9-16(19)10-8-14)23-12-18(22)21(2)11-15-5-3-4-6-17(15)20/h3-10,13H,11-12H2,1-2H3. The maximum absolute atomic E-state index is 13.6. The molecule has 0 N–H and O–H groups in total. The minimum Gasteiger partial charge on any atom is -0.341 e. The Morgan fingerprint density at radius 3 is 2.52 bits per heavy atom. The second kappa shape index (κ2) is 8.37. The van der Waals surface area contributed by atoms with Crippen LogP contribution < -0.4 is 0 Å². The van der Waals surface area contributed by atoms with Crippen molar-refractivity contribution in [2.45, 2.75) is 18.7 Å². The Hall–Kier alpha value is -1.52. The van der Waals surface area contributed by atoms with E-state index < -0.39 is 0 Å². The zero-order chi connectivity index (χ0) is 16.8. The fourth-order valence-corrected chi connectivity index (χ4v) is 3.20. The third kappa shape index (κ3) is 5.26. The molecule has 0 aliphatic heterocycles. The summed E-state index contributed by atoms with van der Waals surface area (Å²) in [5.41, 5.74) is 1.66. The highest BCUT2D eigenvalue weighted by atomic mass is 35.5. The molecule has 0 heterocycles. The van der Waals surface area contributed by atoms with Crippen LogP contribution in [0.4, 0.5) is 4.39 Å². The number of carbonyl (C=O) groups is 1. The lowest BCUT2D eigenvalue weighted by molar-refractivity contribution is -0.127. The molecule has 23 heavy (non-hydrogen) atoms. The third-order valence-corrected chi connectivity index (χ3v) is 5.03. The van der Waals surface area contributed by atoms with Gasteiger partial charge in [-0.3, -0.25) is 4.79 Å². The van der Waals surface area contributed by atoms with Crippen LogP contribution in [-0.4, -0.2) is 23.6 Å². The molecule has 0 aliphatic carbocycles. The monoisotopic (exact) mass is 351 g/mol. The van der Waals surface area contributed by atoms with Gasteiger partial charge in [-0.25, -0.2) is 4.39 Å². The highest BCUT2D eigenvalue weighted by Gasteiger charge is 2.14. The molecule has 0 saturated carbocycles. The van der Waals surface area contributed by atoms with Gasteiger partial charge in [-0.05, 0) is 30.7 Å². The second-order valence-electron chi connectivity index (χ2n) is 5.35. The smallest absolute Gasteiger partial charge is 0.232 e. The summed E-state index contributed by atoms with van der Waals surface area (Å²) in [5, 5.41) is 0.893. The molecule has 1 amide bonds. The van der Waals surface area contributed by atoms with Gasteiger partial charge in [-0.15, -0.1) is 11.8 Å². The average molecular weight is 352 g/mol. The van der Waals surface area contributed by atoms with Gasteiger partial charge in [0.1, 0.15) is 5.82 Å². The molecule has 0 bridgehead atoms. The summed E-state index contributed by atoms with van der Waals surface area (Å²) in [6.45, 7) is 2.33. The first-order valence-electron chi connectivity index (χ1n) is 7.32. The summed E-state index contributed by atoms with van der Waals surface area (Å²) in [4.78, 5) is 13.8. The SMILES string of the molecule is CC(SCC(=O)N(C)Cc1ccccc1F)c1ccc(Cl)cc1. The average Bonchev–Trinajstić information content (AvgIpc) is 2.55. The van der Waals surface area contributed by atoms with Crippen molar-refractivity contribution >= 4 is 29.3 Å². The van der Waals surface area contributed by atoms with Crippen molar-refractivity contribution in [2.24, 2.45) is 0 Å². The van der Waals surface area contributed by atoms with Crippen molar-refractivity contribution in [2.75, 3.05) is 12.8 Å². The fraction of sp³-hybridized carbons (Fsp3) is 0.278. The first kappa shape index (κ1) is 17.8. The van der Waals surface area contributed by atoms with Crippen LogP contribution in [0, 0.1) is 5.82 Å². The van der Waals surface area contributed by atoms with E-state index in [9.17, 15) is 9.18 Å². The van der Waals surface area contributed by atoms with Crippen molar-refractivity contribution in [3.63, 3.8) is 0 Å². The van der Waals surface area contributed by atoms with E-state index in [-0.39, 0.29) is 23.5 Å². The molecular formula is C18H19ClFNOS. The molecule has 0 radical (unpaired) electrons. The van der Waals surface area contributed by atoms with Crippen LogP contribution in [0.2, 0.25) is 5.02 Å². The van der Waals surface area contributed by atoms with E-state index in [1.54, 1.807) is 41.9 Å². The quantitative estimate of drug-likeness (QED) is 0.735. The number of carbonyl (C=O) groups excluding carboxylic acids is 1. The number of hydrogen-bond donors (Lipinski definition) is 0. The number of rotatable bonds is 6. The lowest BCUT2D eigenvalue weighted by Crippen LogP contribution is -2.28. The van der Waals surface area contributed by atoms with Crippen LogP contribution in [0.25, 0.3) is 0 Å². The Morgan fingerprint density at radius 2 is 1.87 bits per heavy atom. The molecule has 1 atom stereocenters. The number of benzene rings is 2. The van der Waals surface area contributed by atoms with Crippen molar-refractivity contribution < 1.29 is 9.18 Å². The molecule has 2 nitrogen and oxygen atoms in total. The van der Waals surface area contributed by atoms with Crippen LogP contribution in [0.3, 0.4) is 0 Å². The predicted molar refractivity (Wildman–Crippen MR) is 95.2 cm³/mol. The topological polar surface area (TPSA) is 20.3 Å². The van der Waals surface area contributed by atoms with Crippen molar-refractivity contribution in [3.8, 4) is 0 Å². The minimum absolute atomic E-state index is 0.0148. The van der Waals surface area contributed by atoms with E-state index in [1.165, 1.54) is 6.07 Å². The maximum Gasteiger partial charge on any atom is 0.232 e. The number of nitrogens with zero attached hydrogens (tertiary/aromatic N) is 1. The van der Waals surface area contributed by atoms with Crippen molar-refractivity contribution in [1.29, 1.82) is 0 Å². The van der Waals surface area contributed by atoms with Gasteiger partial charge in [-0.1, -0.05) is 41.9 Å². The van der Waals surface area contributed by atoms with Gasteiger partial charge in [0.25, 0.3) is 0 Å². The second-order valence-corrected chi connectivity index (χ2v) is 7.11. The molecule has 1 unspecified atom stereocenters. The highest BCUT2D eigenvalue weighted by molar-refractivity contribution is 8.00. The molecule has 2 aromatic rings. The highest BCUT2D eigenvalue weighted by Crippen LogP contribution is 2.29. The van der Waals surface area contributed by atoms with E-state index in [0.29, 0.717) is 16.3 Å². The van der Waals surface area contributed by atoms with E-state index in [1.807, 2.05) is 24.3 Å². The molecule has 2 rings (SSSR count). The predicted octanol–water partition coefficient (Wildman–Crippen LogP) is 4.93. The summed E-state index contributed by atoms with van der Waals surface area (Å²) < 4.78 is 13.6. The fourth-order valence-electron chi connectivity index (χ4n) is 2.11. The molecule has 0 spiro atoms. The van der Waals surface area contributed by atoms with Crippen LogP contribution in [0.1, 0.15) is 23.3 Å².